The first-order chi connectivity index (χ1) is 8.41. The number of aldehydes is 1. The molecule has 0 amide bonds. The molecule has 0 spiro atoms. The molecule has 0 unspecified atom stereocenters. The van der Waals surface area contributed by atoms with Gasteiger partial charge in [0.1, 0.15) is 12.1 Å². The molecule has 0 aliphatic rings. The molecule has 0 radical (unpaired) electrons. The van der Waals surface area contributed by atoms with Crippen molar-refractivity contribution in [1.82, 2.24) is 9.21 Å². The van der Waals surface area contributed by atoms with E-state index in [1.807, 2.05) is 0 Å². The number of hydrogen-bond acceptors (Lipinski definition) is 4. The quantitative estimate of drug-likeness (QED) is 0.588. The van der Waals surface area contributed by atoms with Gasteiger partial charge in [-0.1, -0.05) is 18.2 Å². The van der Waals surface area contributed by atoms with Crippen LogP contribution in [-0.4, -0.2) is 45.1 Å². The zero-order valence-corrected chi connectivity index (χ0v) is 11.4. The van der Waals surface area contributed by atoms with Gasteiger partial charge >= 0.3 is 0 Å². The third kappa shape index (κ3) is 2.89. The van der Waals surface area contributed by atoms with Gasteiger partial charge < -0.3 is 4.90 Å². The summed E-state index contributed by atoms with van der Waals surface area (Å²) < 4.78 is 25.7. The third-order valence-electron chi connectivity index (χ3n) is 2.40. The van der Waals surface area contributed by atoms with Gasteiger partial charge in [0, 0.05) is 27.2 Å². The Hall–Kier alpha value is -1.82. The summed E-state index contributed by atoms with van der Waals surface area (Å²) in [4.78, 5) is 12.3. The van der Waals surface area contributed by atoms with Crippen molar-refractivity contribution in [2.45, 2.75) is 4.90 Å². The molecule has 1 rings (SSSR count). The Balaban J connectivity index is 3.21. The van der Waals surface area contributed by atoms with Crippen molar-refractivity contribution in [2.24, 2.45) is 0 Å². The molecule has 0 aromatic heterocycles. The van der Waals surface area contributed by atoms with Crippen molar-refractivity contribution in [3.05, 3.63) is 42.2 Å². The lowest BCUT2D eigenvalue weighted by atomic mass is 10.4. The minimum absolute atomic E-state index is 0.186. The van der Waals surface area contributed by atoms with Gasteiger partial charge in [0.2, 0.25) is 0 Å². The van der Waals surface area contributed by atoms with Gasteiger partial charge in [-0.2, -0.15) is 0 Å². The van der Waals surface area contributed by atoms with E-state index < -0.39 is 10.0 Å². The highest BCUT2D eigenvalue weighted by Crippen LogP contribution is 2.18. The van der Waals surface area contributed by atoms with Crippen LogP contribution in [0.2, 0.25) is 0 Å². The molecule has 0 aliphatic carbocycles. The second kappa shape index (κ2) is 5.68. The molecule has 0 saturated carbocycles. The summed E-state index contributed by atoms with van der Waals surface area (Å²) >= 11 is 0. The second-order valence-corrected chi connectivity index (χ2v) is 5.81. The third-order valence-corrected chi connectivity index (χ3v) is 4.18. The summed E-state index contributed by atoms with van der Waals surface area (Å²) in [7, 11) is 1.12. The van der Waals surface area contributed by atoms with Crippen LogP contribution in [0.15, 0.2) is 47.1 Å². The first kappa shape index (κ1) is 14.2. The van der Waals surface area contributed by atoms with Crippen LogP contribution in [0.5, 0.6) is 0 Å². The minimum atomic E-state index is -3.64. The van der Waals surface area contributed by atoms with Gasteiger partial charge in [-0.15, -0.1) is 0 Å². The number of carbonyl (C=O) groups is 1. The van der Waals surface area contributed by atoms with E-state index in [0.717, 1.165) is 4.31 Å². The van der Waals surface area contributed by atoms with Crippen molar-refractivity contribution in [2.75, 3.05) is 21.1 Å². The Morgan fingerprint density at radius 1 is 1.11 bits per heavy atom. The van der Waals surface area contributed by atoms with Gasteiger partial charge in [0.25, 0.3) is 10.0 Å². The van der Waals surface area contributed by atoms with E-state index in [1.165, 1.54) is 25.3 Å². The summed E-state index contributed by atoms with van der Waals surface area (Å²) in [6, 6.07) is 8.08. The normalized spacial score (nSPS) is 12.1. The van der Waals surface area contributed by atoms with E-state index in [2.05, 4.69) is 0 Å². The lowest BCUT2D eigenvalue weighted by molar-refractivity contribution is -0.104. The fourth-order valence-corrected chi connectivity index (χ4v) is 2.76. The monoisotopic (exact) mass is 268 g/mol. The highest BCUT2D eigenvalue weighted by Gasteiger charge is 2.23. The van der Waals surface area contributed by atoms with Crippen LogP contribution in [0, 0.1) is 0 Å². The van der Waals surface area contributed by atoms with Crippen molar-refractivity contribution >= 4 is 16.3 Å². The maximum Gasteiger partial charge on any atom is 0.265 e. The van der Waals surface area contributed by atoms with Crippen molar-refractivity contribution in [3.8, 4) is 0 Å². The number of benzene rings is 1. The van der Waals surface area contributed by atoms with Gasteiger partial charge in [0.05, 0.1) is 4.90 Å². The number of carbonyl (C=O) groups excluding carboxylic acids is 1. The lowest BCUT2D eigenvalue weighted by Crippen LogP contribution is -2.33. The maximum atomic E-state index is 12.3. The number of nitrogens with zero attached hydrogens (tertiary/aromatic N) is 2. The second-order valence-electron chi connectivity index (χ2n) is 3.84. The molecule has 0 aliphatic heterocycles. The molecule has 0 fully saturated rings. The van der Waals surface area contributed by atoms with Crippen LogP contribution >= 0.6 is 0 Å². The number of hydrogen-bond donors (Lipinski definition) is 0. The topological polar surface area (TPSA) is 57.7 Å². The Bertz CT molecular complexity index is 536. The maximum absolute atomic E-state index is 12.3. The lowest BCUT2D eigenvalue weighted by Gasteiger charge is -2.27. The molecule has 98 valence electrons. The highest BCUT2D eigenvalue weighted by atomic mass is 32.2. The van der Waals surface area contributed by atoms with Gasteiger partial charge in [-0.3, -0.25) is 9.10 Å². The molecule has 1 aromatic carbocycles. The summed E-state index contributed by atoms with van der Waals surface area (Å²) in [5.41, 5.74) is 0. The van der Waals surface area contributed by atoms with Crippen molar-refractivity contribution < 1.29 is 13.2 Å². The fraction of sp³-hybridized carbons (Fsp3) is 0.250. The van der Waals surface area contributed by atoms with E-state index in [1.54, 1.807) is 37.2 Å². The van der Waals surface area contributed by atoms with E-state index in [4.69, 9.17) is 0 Å². The predicted octanol–water partition coefficient (Wildman–Crippen LogP) is 0.909. The van der Waals surface area contributed by atoms with Crippen LogP contribution in [0.4, 0.5) is 0 Å². The molecular weight excluding hydrogens is 252 g/mol. The molecule has 0 bridgehead atoms. The predicted molar refractivity (Wildman–Crippen MR) is 69.2 cm³/mol. The minimum Gasteiger partial charge on any atom is -0.364 e. The fourth-order valence-electron chi connectivity index (χ4n) is 1.47. The average molecular weight is 268 g/mol. The molecule has 1 aromatic rings. The Morgan fingerprint density at radius 2 is 1.67 bits per heavy atom. The molecule has 0 N–H and O–H groups in total. The van der Waals surface area contributed by atoms with Crippen molar-refractivity contribution in [3.63, 3.8) is 0 Å². The van der Waals surface area contributed by atoms with E-state index in [9.17, 15) is 13.2 Å². The smallest absolute Gasteiger partial charge is 0.265 e. The van der Waals surface area contributed by atoms with E-state index in [-0.39, 0.29) is 4.90 Å². The van der Waals surface area contributed by atoms with E-state index >= 15 is 0 Å². The molecule has 5 nitrogen and oxygen atoms in total. The molecule has 6 heteroatoms. The SMILES string of the molecule is CN(C)C(=CC=O)N(C)S(=O)(=O)c1ccccc1. The molecule has 0 saturated heterocycles. The molecule has 0 atom stereocenters. The average Bonchev–Trinajstić information content (AvgIpc) is 2.35. The van der Waals surface area contributed by atoms with Crippen LogP contribution in [0.25, 0.3) is 0 Å². The molecular formula is C12H16N2O3S. The number of rotatable bonds is 5. The van der Waals surface area contributed by atoms with Gasteiger partial charge in [0.15, 0.2) is 0 Å². The summed E-state index contributed by atoms with van der Waals surface area (Å²) in [6.45, 7) is 0. The molecule has 18 heavy (non-hydrogen) atoms. The standard InChI is InChI=1S/C12H16N2O3S/c1-13(2)12(9-10-15)14(3)18(16,17)11-7-5-4-6-8-11/h4-10H,1-3H3. The van der Waals surface area contributed by atoms with E-state index in [0.29, 0.717) is 12.1 Å². The zero-order valence-electron chi connectivity index (χ0n) is 10.6. The number of sulfonamides is 1. The molecule has 0 heterocycles. The first-order valence-electron chi connectivity index (χ1n) is 5.28. The first-order valence-corrected chi connectivity index (χ1v) is 6.72. The zero-order chi connectivity index (χ0) is 13.8. The van der Waals surface area contributed by atoms with Crippen LogP contribution in [0.3, 0.4) is 0 Å². The van der Waals surface area contributed by atoms with Crippen LogP contribution in [-0.2, 0) is 14.8 Å². The largest absolute Gasteiger partial charge is 0.364 e. The summed E-state index contributed by atoms with van der Waals surface area (Å²) in [5.74, 6) is 0.300. The van der Waals surface area contributed by atoms with Gasteiger partial charge in [-0.05, 0) is 12.1 Å². The Morgan fingerprint density at radius 3 is 2.11 bits per heavy atom. The Labute approximate surface area is 107 Å². The van der Waals surface area contributed by atoms with Gasteiger partial charge in [-0.25, -0.2) is 8.42 Å². The number of allylic oxidation sites excluding steroid dienone is 1. The Kier molecular flexibility index (Phi) is 4.49. The van der Waals surface area contributed by atoms with Crippen LogP contribution in [0.1, 0.15) is 0 Å². The summed E-state index contributed by atoms with van der Waals surface area (Å²) in [5, 5.41) is 0. The van der Waals surface area contributed by atoms with Crippen molar-refractivity contribution in [1.29, 1.82) is 0 Å². The van der Waals surface area contributed by atoms with Crippen LogP contribution < -0.4 is 0 Å². The highest BCUT2D eigenvalue weighted by molar-refractivity contribution is 7.89. The summed E-state index contributed by atoms with van der Waals surface area (Å²) in [6.07, 6.45) is 1.77.